The number of benzene rings is 1. The number of carbonyl (C=O) groups excluding carboxylic acids is 2. The van der Waals surface area contributed by atoms with Crippen molar-refractivity contribution in [3.05, 3.63) is 45.4 Å². The molecule has 25 heavy (non-hydrogen) atoms. The minimum atomic E-state index is -0.439. The Morgan fingerprint density at radius 2 is 2.20 bits per heavy atom. The number of aromatic nitrogens is 1. The fourth-order valence-corrected chi connectivity index (χ4v) is 3.88. The van der Waals surface area contributed by atoms with Crippen molar-refractivity contribution in [1.29, 1.82) is 0 Å². The summed E-state index contributed by atoms with van der Waals surface area (Å²) in [6.45, 7) is 0.595. The van der Waals surface area contributed by atoms with Crippen molar-refractivity contribution in [2.24, 2.45) is 0 Å². The fourth-order valence-electron chi connectivity index (χ4n) is 2.94. The van der Waals surface area contributed by atoms with Crippen LogP contribution in [0.5, 0.6) is 0 Å². The second-order valence-corrected chi connectivity index (χ2v) is 7.46. The molecule has 2 heterocycles. The van der Waals surface area contributed by atoms with Gasteiger partial charge in [0.15, 0.2) is 5.13 Å². The summed E-state index contributed by atoms with van der Waals surface area (Å²) < 4.78 is 0. The summed E-state index contributed by atoms with van der Waals surface area (Å²) >= 11 is 13.5. The summed E-state index contributed by atoms with van der Waals surface area (Å²) in [4.78, 5) is 30.7. The van der Waals surface area contributed by atoms with Gasteiger partial charge in [-0.2, -0.15) is 0 Å². The minimum absolute atomic E-state index is 0.0483. The summed E-state index contributed by atoms with van der Waals surface area (Å²) in [5, 5.41) is 6.08. The summed E-state index contributed by atoms with van der Waals surface area (Å²) in [6, 6.07) is 4.95. The highest BCUT2D eigenvalue weighted by Gasteiger charge is 2.34. The van der Waals surface area contributed by atoms with Crippen molar-refractivity contribution in [1.82, 2.24) is 9.88 Å². The molecule has 0 saturated carbocycles. The van der Waals surface area contributed by atoms with Gasteiger partial charge >= 0.3 is 0 Å². The zero-order valence-corrected chi connectivity index (χ0v) is 15.7. The molecule has 1 aromatic heterocycles. The molecule has 1 fully saturated rings. The van der Waals surface area contributed by atoms with Gasteiger partial charge < -0.3 is 10.2 Å². The molecule has 2 amide bonds. The average molecular weight is 398 g/mol. The lowest BCUT2D eigenvalue weighted by molar-refractivity contribution is -0.136. The lowest BCUT2D eigenvalue weighted by Crippen LogP contribution is -2.43. The van der Waals surface area contributed by atoms with Crippen LogP contribution in [0.25, 0.3) is 0 Å². The molecular formula is C17H17Cl2N3O2S. The largest absolute Gasteiger partial charge is 0.331 e. The molecule has 0 radical (unpaired) electrons. The second-order valence-electron chi connectivity index (χ2n) is 5.78. The number of amides is 2. The van der Waals surface area contributed by atoms with E-state index in [0.29, 0.717) is 41.0 Å². The number of carbonyl (C=O) groups is 2. The van der Waals surface area contributed by atoms with Gasteiger partial charge in [0.25, 0.3) is 0 Å². The third-order valence-electron chi connectivity index (χ3n) is 4.18. The number of likely N-dealkylation sites (tertiary alicyclic amines) is 1. The first-order valence-electron chi connectivity index (χ1n) is 7.99. The molecule has 0 spiro atoms. The van der Waals surface area contributed by atoms with E-state index in [1.54, 1.807) is 22.5 Å². The van der Waals surface area contributed by atoms with Crippen LogP contribution in [0.3, 0.4) is 0 Å². The van der Waals surface area contributed by atoms with Gasteiger partial charge in [0, 0.05) is 24.5 Å². The number of anilines is 1. The van der Waals surface area contributed by atoms with Crippen LogP contribution < -0.4 is 5.32 Å². The standard InChI is InChI=1S/C17H17Cl2N3O2S/c18-12-4-1-3-11(15(12)19)6-7-14(23)22-9-2-5-13(22)16(24)21-17-20-8-10-25-17/h1,3-4,8,10,13H,2,5-7,9H2,(H,20,21,24). The highest BCUT2D eigenvalue weighted by molar-refractivity contribution is 7.13. The van der Waals surface area contributed by atoms with Crippen LogP contribution in [0.2, 0.25) is 10.0 Å². The van der Waals surface area contributed by atoms with Crippen molar-refractivity contribution in [2.75, 3.05) is 11.9 Å². The molecule has 0 bridgehead atoms. The summed E-state index contributed by atoms with van der Waals surface area (Å²) in [6.07, 6.45) is 3.91. The number of aryl methyl sites for hydroxylation is 1. The Morgan fingerprint density at radius 1 is 1.36 bits per heavy atom. The molecule has 1 aliphatic heterocycles. The number of nitrogens with zero attached hydrogens (tertiary/aromatic N) is 2. The van der Waals surface area contributed by atoms with Crippen molar-refractivity contribution in [2.45, 2.75) is 31.7 Å². The van der Waals surface area contributed by atoms with Crippen LogP contribution in [-0.2, 0) is 16.0 Å². The number of rotatable bonds is 5. The Balaban J connectivity index is 1.60. The van der Waals surface area contributed by atoms with E-state index in [9.17, 15) is 9.59 Å². The highest BCUT2D eigenvalue weighted by atomic mass is 35.5. The third-order valence-corrected chi connectivity index (χ3v) is 5.72. The predicted octanol–water partition coefficient (Wildman–Crippen LogP) is 4.01. The first-order chi connectivity index (χ1) is 12.1. The number of nitrogens with one attached hydrogen (secondary N) is 1. The molecule has 1 saturated heterocycles. The number of halogens is 2. The molecule has 1 aromatic carbocycles. The van der Waals surface area contributed by atoms with Gasteiger partial charge in [0.2, 0.25) is 11.8 Å². The maximum atomic E-state index is 12.6. The molecule has 1 atom stereocenters. The van der Waals surface area contributed by atoms with Crippen LogP contribution >= 0.6 is 34.5 Å². The second kappa shape index (κ2) is 8.17. The fraction of sp³-hybridized carbons (Fsp3) is 0.353. The SMILES string of the molecule is O=C(Nc1nccs1)C1CCCN1C(=O)CCc1cccc(Cl)c1Cl. The molecule has 3 rings (SSSR count). The number of hydrogen-bond donors (Lipinski definition) is 1. The van der Waals surface area contributed by atoms with Crippen molar-refractivity contribution < 1.29 is 9.59 Å². The van der Waals surface area contributed by atoms with E-state index >= 15 is 0 Å². The van der Waals surface area contributed by atoms with Crippen LogP contribution in [0.15, 0.2) is 29.8 Å². The Labute approximate surface area is 160 Å². The quantitative estimate of drug-likeness (QED) is 0.828. The monoisotopic (exact) mass is 397 g/mol. The molecule has 1 N–H and O–H groups in total. The maximum Gasteiger partial charge on any atom is 0.248 e. The van der Waals surface area contributed by atoms with Crippen molar-refractivity contribution in [3.63, 3.8) is 0 Å². The number of thiazole rings is 1. The van der Waals surface area contributed by atoms with E-state index < -0.39 is 6.04 Å². The summed E-state index contributed by atoms with van der Waals surface area (Å²) in [7, 11) is 0. The molecule has 1 unspecified atom stereocenters. The molecule has 1 aliphatic rings. The average Bonchev–Trinajstić information content (AvgIpc) is 3.27. The van der Waals surface area contributed by atoms with E-state index in [2.05, 4.69) is 10.3 Å². The molecular weight excluding hydrogens is 381 g/mol. The van der Waals surface area contributed by atoms with Gasteiger partial charge in [-0.25, -0.2) is 4.98 Å². The maximum absolute atomic E-state index is 12.6. The molecule has 132 valence electrons. The Bertz CT molecular complexity index is 767. The Morgan fingerprint density at radius 3 is 2.96 bits per heavy atom. The van der Waals surface area contributed by atoms with Crippen molar-refractivity contribution >= 4 is 51.5 Å². The van der Waals surface area contributed by atoms with E-state index in [1.807, 2.05) is 12.1 Å². The van der Waals surface area contributed by atoms with Crippen LogP contribution in [0.4, 0.5) is 5.13 Å². The first kappa shape index (κ1) is 18.2. The first-order valence-corrected chi connectivity index (χ1v) is 9.62. The predicted molar refractivity (Wildman–Crippen MR) is 100 cm³/mol. The highest BCUT2D eigenvalue weighted by Crippen LogP contribution is 2.27. The lowest BCUT2D eigenvalue weighted by Gasteiger charge is -2.23. The normalized spacial score (nSPS) is 16.9. The van der Waals surface area contributed by atoms with Crippen LogP contribution in [0.1, 0.15) is 24.8 Å². The van der Waals surface area contributed by atoms with Crippen LogP contribution in [0, 0.1) is 0 Å². The molecule has 2 aromatic rings. The minimum Gasteiger partial charge on any atom is -0.331 e. The Kier molecular flexibility index (Phi) is 5.93. The van der Waals surface area contributed by atoms with Gasteiger partial charge in [-0.1, -0.05) is 35.3 Å². The van der Waals surface area contributed by atoms with Gasteiger partial charge in [0.05, 0.1) is 10.0 Å². The van der Waals surface area contributed by atoms with Gasteiger partial charge in [-0.15, -0.1) is 11.3 Å². The van der Waals surface area contributed by atoms with Gasteiger partial charge in [0.1, 0.15) is 6.04 Å². The topological polar surface area (TPSA) is 62.3 Å². The zero-order chi connectivity index (χ0) is 17.8. The van der Waals surface area contributed by atoms with E-state index in [0.717, 1.165) is 12.0 Å². The van der Waals surface area contributed by atoms with Gasteiger partial charge in [-0.05, 0) is 30.9 Å². The third kappa shape index (κ3) is 4.32. The zero-order valence-electron chi connectivity index (χ0n) is 13.4. The summed E-state index contributed by atoms with van der Waals surface area (Å²) in [5.74, 6) is -0.227. The van der Waals surface area contributed by atoms with Crippen molar-refractivity contribution in [3.8, 4) is 0 Å². The van der Waals surface area contributed by atoms with E-state index in [-0.39, 0.29) is 11.8 Å². The molecule has 8 heteroatoms. The Hall–Kier alpha value is -1.63. The van der Waals surface area contributed by atoms with Gasteiger partial charge in [-0.3, -0.25) is 9.59 Å². The smallest absolute Gasteiger partial charge is 0.248 e. The molecule has 5 nitrogen and oxygen atoms in total. The van der Waals surface area contributed by atoms with E-state index in [1.165, 1.54) is 11.3 Å². The lowest BCUT2D eigenvalue weighted by atomic mass is 10.1. The van der Waals surface area contributed by atoms with Crippen LogP contribution in [-0.4, -0.2) is 34.3 Å². The summed E-state index contributed by atoms with van der Waals surface area (Å²) in [5.41, 5.74) is 0.838. The molecule has 0 aliphatic carbocycles. The van der Waals surface area contributed by atoms with E-state index in [4.69, 9.17) is 23.2 Å². The number of hydrogen-bond acceptors (Lipinski definition) is 4.